The maximum absolute atomic E-state index is 11.8. The first-order valence-corrected chi connectivity index (χ1v) is 7.66. The predicted molar refractivity (Wildman–Crippen MR) is 75.9 cm³/mol. The Hall–Kier alpha value is -0.670. The van der Waals surface area contributed by atoms with E-state index in [1.165, 1.54) is 16.7 Å². The standard InChI is InChI=1S/C14H23NOS/c1-5-6-17(16)10-14(15-4)13-8-11(2)7-12(3)9-13/h7-9,14-15H,5-6,10H2,1-4H3. The number of hydrogen-bond donors (Lipinski definition) is 1. The summed E-state index contributed by atoms with van der Waals surface area (Å²) in [5.41, 5.74) is 3.78. The van der Waals surface area contributed by atoms with Crippen molar-refractivity contribution < 1.29 is 4.21 Å². The zero-order chi connectivity index (χ0) is 12.8. The molecule has 96 valence electrons. The summed E-state index contributed by atoms with van der Waals surface area (Å²) in [4.78, 5) is 0. The number of nitrogens with one attached hydrogen (secondary N) is 1. The molecule has 2 atom stereocenters. The number of rotatable bonds is 6. The fourth-order valence-corrected chi connectivity index (χ4v) is 3.41. The smallest absolute Gasteiger partial charge is 0.0434 e. The minimum absolute atomic E-state index is 0.195. The average molecular weight is 253 g/mol. The topological polar surface area (TPSA) is 29.1 Å². The van der Waals surface area contributed by atoms with Crippen molar-refractivity contribution in [2.24, 2.45) is 0 Å². The summed E-state index contributed by atoms with van der Waals surface area (Å²) in [6.07, 6.45) is 0.982. The van der Waals surface area contributed by atoms with Crippen molar-refractivity contribution in [3.8, 4) is 0 Å². The van der Waals surface area contributed by atoms with Gasteiger partial charge in [-0.25, -0.2) is 0 Å². The van der Waals surface area contributed by atoms with Crippen LogP contribution >= 0.6 is 0 Å². The van der Waals surface area contributed by atoms with E-state index in [4.69, 9.17) is 0 Å². The highest BCUT2D eigenvalue weighted by molar-refractivity contribution is 7.85. The molecule has 0 fully saturated rings. The summed E-state index contributed by atoms with van der Waals surface area (Å²) in [6.45, 7) is 6.28. The van der Waals surface area contributed by atoms with Gasteiger partial charge in [0.2, 0.25) is 0 Å². The van der Waals surface area contributed by atoms with Gasteiger partial charge in [-0.3, -0.25) is 4.21 Å². The predicted octanol–water partition coefficient (Wildman–Crippen LogP) is 2.72. The maximum Gasteiger partial charge on any atom is 0.0434 e. The molecule has 2 unspecified atom stereocenters. The summed E-state index contributed by atoms with van der Waals surface area (Å²) in [5, 5.41) is 3.27. The molecule has 0 spiro atoms. The summed E-state index contributed by atoms with van der Waals surface area (Å²) in [5.74, 6) is 1.50. The van der Waals surface area contributed by atoms with Crippen LogP contribution in [0.25, 0.3) is 0 Å². The van der Waals surface area contributed by atoms with E-state index in [1.807, 2.05) is 7.05 Å². The second-order valence-electron chi connectivity index (χ2n) is 4.57. The van der Waals surface area contributed by atoms with Crippen LogP contribution in [0.3, 0.4) is 0 Å². The van der Waals surface area contributed by atoms with Gasteiger partial charge in [-0.1, -0.05) is 36.2 Å². The zero-order valence-corrected chi connectivity index (χ0v) is 12.1. The number of hydrogen-bond acceptors (Lipinski definition) is 2. The molecule has 1 N–H and O–H groups in total. The Morgan fingerprint density at radius 1 is 1.24 bits per heavy atom. The number of benzene rings is 1. The largest absolute Gasteiger partial charge is 0.312 e. The summed E-state index contributed by atoms with van der Waals surface area (Å²) < 4.78 is 11.8. The fourth-order valence-electron chi connectivity index (χ4n) is 2.05. The lowest BCUT2D eigenvalue weighted by atomic mass is 10.0. The van der Waals surface area contributed by atoms with Gasteiger partial charge in [-0.05, 0) is 32.9 Å². The van der Waals surface area contributed by atoms with Crippen molar-refractivity contribution in [2.75, 3.05) is 18.6 Å². The van der Waals surface area contributed by atoms with E-state index in [-0.39, 0.29) is 6.04 Å². The van der Waals surface area contributed by atoms with E-state index < -0.39 is 10.8 Å². The molecule has 0 aliphatic heterocycles. The molecule has 0 aliphatic rings. The zero-order valence-electron chi connectivity index (χ0n) is 11.2. The third kappa shape index (κ3) is 4.60. The monoisotopic (exact) mass is 253 g/mol. The Balaban J connectivity index is 2.82. The quantitative estimate of drug-likeness (QED) is 0.844. The molecule has 3 heteroatoms. The third-order valence-electron chi connectivity index (χ3n) is 2.78. The SMILES string of the molecule is CCCS(=O)CC(NC)c1cc(C)cc(C)c1. The molecule has 0 aromatic heterocycles. The molecule has 0 radical (unpaired) electrons. The molecule has 0 saturated heterocycles. The van der Waals surface area contributed by atoms with Gasteiger partial charge in [0.15, 0.2) is 0 Å². The van der Waals surface area contributed by atoms with Crippen LogP contribution in [0.15, 0.2) is 18.2 Å². The Morgan fingerprint density at radius 3 is 2.29 bits per heavy atom. The van der Waals surface area contributed by atoms with E-state index in [2.05, 4.69) is 44.3 Å². The Bertz CT molecular complexity index is 370. The van der Waals surface area contributed by atoms with Crippen molar-refractivity contribution in [3.63, 3.8) is 0 Å². The summed E-state index contributed by atoms with van der Waals surface area (Å²) in [6, 6.07) is 6.72. The van der Waals surface area contributed by atoms with Gasteiger partial charge in [0.25, 0.3) is 0 Å². The first-order chi connectivity index (χ1) is 8.06. The maximum atomic E-state index is 11.8. The Morgan fingerprint density at radius 2 is 1.82 bits per heavy atom. The van der Waals surface area contributed by atoms with E-state index >= 15 is 0 Å². The van der Waals surface area contributed by atoms with E-state index in [1.54, 1.807) is 0 Å². The lowest BCUT2D eigenvalue weighted by molar-refractivity contribution is 0.634. The summed E-state index contributed by atoms with van der Waals surface area (Å²) in [7, 11) is 1.21. The molecule has 2 nitrogen and oxygen atoms in total. The molecule has 1 aromatic carbocycles. The van der Waals surface area contributed by atoms with Crippen LogP contribution in [-0.4, -0.2) is 22.8 Å². The summed E-state index contributed by atoms with van der Waals surface area (Å²) >= 11 is 0. The van der Waals surface area contributed by atoms with Crippen molar-refractivity contribution >= 4 is 10.8 Å². The lowest BCUT2D eigenvalue weighted by Crippen LogP contribution is -2.23. The van der Waals surface area contributed by atoms with Crippen molar-refractivity contribution in [1.82, 2.24) is 5.32 Å². The van der Waals surface area contributed by atoms with Crippen LogP contribution in [0.1, 0.15) is 36.1 Å². The van der Waals surface area contributed by atoms with Crippen molar-refractivity contribution in [1.29, 1.82) is 0 Å². The van der Waals surface area contributed by atoms with Gasteiger partial charge in [-0.15, -0.1) is 0 Å². The van der Waals surface area contributed by atoms with Gasteiger partial charge >= 0.3 is 0 Å². The van der Waals surface area contributed by atoms with Gasteiger partial charge < -0.3 is 5.32 Å². The second-order valence-corrected chi connectivity index (χ2v) is 6.19. The van der Waals surface area contributed by atoms with E-state index in [0.29, 0.717) is 5.75 Å². The first-order valence-electron chi connectivity index (χ1n) is 6.17. The van der Waals surface area contributed by atoms with Gasteiger partial charge in [0.05, 0.1) is 0 Å². The highest BCUT2D eigenvalue weighted by Crippen LogP contribution is 2.18. The van der Waals surface area contributed by atoms with Crippen LogP contribution < -0.4 is 5.32 Å². The minimum atomic E-state index is -0.726. The molecular weight excluding hydrogens is 230 g/mol. The van der Waals surface area contributed by atoms with Gasteiger partial charge in [-0.2, -0.15) is 0 Å². The highest BCUT2D eigenvalue weighted by Gasteiger charge is 2.13. The highest BCUT2D eigenvalue weighted by atomic mass is 32.2. The van der Waals surface area contributed by atoms with Crippen LogP contribution in [0.5, 0.6) is 0 Å². The van der Waals surface area contributed by atoms with E-state index in [0.717, 1.165) is 12.2 Å². The minimum Gasteiger partial charge on any atom is -0.312 e. The molecule has 0 aliphatic carbocycles. The molecule has 1 rings (SSSR count). The average Bonchev–Trinajstić information content (AvgIpc) is 2.24. The Kier molecular flexibility index (Phi) is 5.86. The van der Waals surface area contributed by atoms with Crippen LogP contribution in [-0.2, 0) is 10.8 Å². The van der Waals surface area contributed by atoms with E-state index in [9.17, 15) is 4.21 Å². The molecule has 0 amide bonds. The molecule has 0 bridgehead atoms. The van der Waals surface area contributed by atoms with Gasteiger partial charge in [0.1, 0.15) is 0 Å². The molecule has 0 saturated carbocycles. The van der Waals surface area contributed by atoms with Gasteiger partial charge in [0, 0.05) is 28.3 Å². The fraction of sp³-hybridized carbons (Fsp3) is 0.571. The number of aryl methyl sites for hydroxylation is 2. The normalized spacial score (nSPS) is 14.6. The van der Waals surface area contributed by atoms with Crippen LogP contribution in [0.2, 0.25) is 0 Å². The Labute approximate surface area is 107 Å². The first kappa shape index (κ1) is 14.4. The molecule has 17 heavy (non-hydrogen) atoms. The van der Waals surface area contributed by atoms with Crippen LogP contribution in [0.4, 0.5) is 0 Å². The van der Waals surface area contributed by atoms with Crippen LogP contribution in [0, 0.1) is 13.8 Å². The third-order valence-corrected chi connectivity index (χ3v) is 4.35. The van der Waals surface area contributed by atoms with Crippen molar-refractivity contribution in [2.45, 2.75) is 33.2 Å². The molecular formula is C14H23NOS. The lowest BCUT2D eigenvalue weighted by Gasteiger charge is -2.17. The van der Waals surface area contributed by atoms with Crippen molar-refractivity contribution in [3.05, 3.63) is 34.9 Å². The molecule has 1 aromatic rings. The molecule has 0 heterocycles. The second kappa shape index (κ2) is 6.92.